The smallest absolute Gasteiger partial charge is 0.335 e. The van der Waals surface area contributed by atoms with Crippen molar-refractivity contribution in [2.75, 3.05) is 0 Å². The summed E-state index contributed by atoms with van der Waals surface area (Å²) < 4.78 is 0. The number of hydrogen-bond donors (Lipinski definition) is 1. The summed E-state index contributed by atoms with van der Waals surface area (Å²) in [6.07, 6.45) is 7.09. The summed E-state index contributed by atoms with van der Waals surface area (Å²) in [6, 6.07) is 0. The second-order valence-electron chi connectivity index (χ2n) is 1.94. The van der Waals surface area contributed by atoms with Gasteiger partial charge < -0.3 is 5.11 Å². The molecule has 0 saturated heterocycles. The van der Waals surface area contributed by atoms with Gasteiger partial charge in [-0.15, -0.1) is 0 Å². The Balaban J connectivity index is 2.69. The van der Waals surface area contributed by atoms with Gasteiger partial charge in [-0.2, -0.15) is 0 Å². The van der Waals surface area contributed by atoms with Crippen molar-refractivity contribution in [3.63, 3.8) is 0 Å². The highest BCUT2D eigenvalue weighted by atomic mass is 16.4. The molecule has 1 N–H and O–H groups in total. The second-order valence-corrected chi connectivity index (χ2v) is 1.94. The molecule has 0 saturated carbocycles. The zero-order valence-corrected chi connectivity index (χ0v) is 5.00. The molecule has 0 unspecified atom stereocenters. The minimum Gasteiger partial charge on any atom is -0.478 e. The van der Waals surface area contributed by atoms with Crippen LogP contribution in [0.2, 0.25) is 0 Å². The molecule has 0 bridgehead atoms. The van der Waals surface area contributed by atoms with E-state index in [-0.39, 0.29) is 0 Å². The lowest BCUT2D eigenvalue weighted by atomic mass is 10.1. The molecule has 48 valence electrons. The average Bonchev–Trinajstić information content (AvgIpc) is 1.90. The number of carboxylic acid groups (broad SMARTS) is 1. The number of carboxylic acids is 1. The Morgan fingerprint density at radius 2 is 2.33 bits per heavy atom. The van der Waals surface area contributed by atoms with Gasteiger partial charge in [0.15, 0.2) is 0 Å². The summed E-state index contributed by atoms with van der Waals surface area (Å²) in [5, 5.41) is 8.42. The van der Waals surface area contributed by atoms with Crippen LogP contribution in [-0.4, -0.2) is 11.1 Å². The Bertz CT molecular complexity index is 177. The summed E-state index contributed by atoms with van der Waals surface area (Å²) in [4.78, 5) is 10.2. The predicted molar refractivity (Wildman–Crippen MR) is 34.1 cm³/mol. The molecule has 0 spiro atoms. The van der Waals surface area contributed by atoms with Gasteiger partial charge in [-0.25, -0.2) is 4.79 Å². The van der Waals surface area contributed by atoms with Crippen LogP contribution in [0.3, 0.4) is 0 Å². The summed E-state index contributed by atoms with van der Waals surface area (Å²) in [5.41, 5.74) is 0.418. The van der Waals surface area contributed by atoms with E-state index in [9.17, 15) is 4.79 Å². The van der Waals surface area contributed by atoms with Gasteiger partial charge in [0.2, 0.25) is 0 Å². The first kappa shape index (κ1) is 6.08. The maximum atomic E-state index is 10.2. The normalized spacial score (nSPS) is 17.1. The minimum absolute atomic E-state index is 0.418. The van der Waals surface area contributed by atoms with E-state index in [1.807, 2.05) is 6.08 Å². The molecule has 0 atom stereocenters. The number of aliphatic carboxylic acids is 1. The molecule has 0 aromatic heterocycles. The molecule has 9 heavy (non-hydrogen) atoms. The first-order valence-corrected chi connectivity index (χ1v) is 2.90. The second kappa shape index (κ2) is 2.49. The van der Waals surface area contributed by atoms with E-state index in [2.05, 4.69) is 0 Å². The zero-order chi connectivity index (χ0) is 6.69. The lowest BCUT2D eigenvalue weighted by molar-refractivity contribution is -0.132. The van der Waals surface area contributed by atoms with Crippen molar-refractivity contribution in [1.29, 1.82) is 0 Å². The van der Waals surface area contributed by atoms with Crippen LogP contribution in [0.5, 0.6) is 0 Å². The Morgan fingerprint density at radius 1 is 1.56 bits per heavy atom. The van der Waals surface area contributed by atoms with Gasteiger partial charge in [0, 0.05) is 0 Å². The van der Waals surface area contributed by atoms with Crippen LogP contribution in [0.25, 0.3) is 0 Å². The molecule has 0 amide bonds. The number of rotatable bonds is 1. The van der Waals surface area contributed by atoms with Gasteiger partial charge in [0.25, 0.3) is 0 Å². The van der Waals surface area contributed by atoms with Crippen LogP contribution < -0.4 is 0 Å². The third-order valence-electron chi connectivity index (χ3n) is 1.24. The Labute approximate surface area is 53.5 Å². The maximum absolute atomic E-state index is 10.2. The summed E-state index contributed by atoms with van der Waals surface area (Å²) in [7, 11) is 0. The standard InChI is InChI=1S/C7H8O2/c8-7(9)6-4-2-1-3-5-6/h2,4-5H,1,3H2,(H,8,9). The Hall–Kier alpha value is -1.05. The third kappa shape index (κ3) is 1.42. The van der Waals surface area contributed by atoms with Crippen molar-refractivity contribution in [1.82, 2.24) is 0 Å². The molecule has 0 aliphatic heterocycles. The Kier molecular flexibility index (Phi) is 1.68. The molecule has 2 heteroatoms. The summed E-state index contributed by atoms with van der Waals surface area (Å²) in [5.74, 6) is -0.828. The van der Waals surface area contributed by atoms with Crippen LogP contribution in [0.1, 0.15) is 12.8 Å². The van der Waals surface area contributed by atoms with Crippen LogP contribution in [-0.2, 0) is 4.79 Å². The summed E-state index contributed by atoms with van der Waals surface area (Å²) in [6.45, 7) is 0. The quantitative estimate of drug-likeness (QED) is 0.572. The van der Waals surface area contributed by atoms with Gasteiger partial charge in [0.05, 0.1) is 5.57 Å². The largest absolute Gasteiger partial charge is 0.478 e. The molecule has 1 rings (SSSR count). The molecule has 0 aromatic rings. The van der Waals surface area contributed by atoms with Crippen LogP contribution in [0.15, 0.2) is 23.8 Å². The zero-order valence-electron chi connectivity index (χ0n) is 5.00. The molecule has 2 nitrogen and oxygen atoms in total. The SMILES string of the molecule is O=C(O)C1=CCCC=C1. The van der Waals surface area contributed by atoms with E-state index in [0.29, 0.717) is 5.57 Å². The van der Waals surface area contributed by atoms with Gasteiger partial charge >= 0.3 is 5.97 Å². The maximum Gasteiger partial charge on any atom is 0.335 e. The van der Waals surface area contributed by atoms with E-state index in [4.69, 9.17) is 5.11 Å². The van der Waals surface area contributed by atoms with Crippen molar-refractivity contribution in [3.8, 4) is 0 Å². The monoisotopic (exact) mass is 124 g/mol. The van der Waals surface area contributed by atoms with Crippen LogP contribution in [0, 0.1) is 0 Å². The molecule has 1 aliphatic carbocycles. The fraction of sp³-hybridized carbons (Fsp3) is 0.286. The number of allylic oxidation sites excluding steroid dienone is 2. The summed E-state index contributed by atoms with van der Waals surface area (Å²) >= 11 is 0. The van der Waals surface area contributed by atoms with Gasteiger partial charge in [-0.1, -0.05) is 18.2 Å². The van der Waals surface area contributed by atoms with Crippen molar-refractivity contribution in [2.45, 2.75) is 12.8 Å². The van der Waals surface area contributed by atoms with Crippen molar-refractivity contribution in [2.24, 2.45) is 0 Å². The lowest BCUT2D eigenvalue weighted by Gasteiger charge is -1.98. The average molecular weight is 124 g/mol. The first-order valence-electron chi connectivity index (χ1n) is 2.90. The first-order chi connectivity index (χ1) is 4.30. The molecule has 0 radical (unpaired) electrons. The molecular weight excluding hydrogens is 116 g/mol. The molecule has 1 aliphatic rings. The van der Waals surface area contributed by atoms with E-state index in [1.54, 1.807) is 12.2 Å². The van der Waals surface area contributed by atoms with Gasteiger partial charge in [-0.05, 0) is 12.8 Å². The van der Waals surface area contributed by atoms with E-state index in [1.165, 1.54) is 0 Å². The number of carbonyl (C=O) groups is 1. The van der Waals surface area contributed by atoms with Crippen molar-refractivity contribution in [3.05, 3.63) is 23.8 Å². The topological polar surface area (TPSA) is 37.3 Å². The van der Waals surface area contributed by atoms with E-state index < -0.39 is 5.97 Å². The number of hydrogen-bond acceptors (Lipinski definition) is 1. The minimum atomic E-state index is -0.828. The fourth-order valence-electron chi connectivity index (χ4n) is 0.772. The van der Waals surface area contributed by atoms with Crippen LogP contribution in [0.4, 0.5) is 0 Å². The predicted octanol–water partition coefficient (Wildman–Crippen LogP) is 1.35. The third-order valence-corrected chi connectivity index (χ3v) is 1.24. The molecule has 0 fully saturated rings. The van der Waals surface area contributed by atoms with Gasteiger partial charge in [0.1, 0.15) is 0 Å². The van der Waals surface area contributed by atoms with E-state index in [0.717, 1.165) is 12.8 Å². The molecular formula is C7H8O2. The highest BCUT2D eigenvalue weighted by Crippen LogP contribution is 2.08. The van der Waals surface area contributed by atoms with E-state index >= 15 is 0 Å². The molecule has 0 aromatic carbocycles. The fourth-order valence-corrected chi connectivity index (χ4v) is 0.772. The van der Waals surface area contributed by atoms with Crippen molar-refractivity contribution < 1.29 is 9.90 Å². The molecule has 0 heterocycles. The van der Waals surface area contributed by atoms with Crippen molar-refractivity contribution >= 4 is 5.97 Å². The van der Waals surface area contributed by atoms with Crippen LogP contribution >= 0.6 is 0 Å². The highest BCUT2D eigenvalue weighted by molar-refractivity contribution is 5.89. The lowest BCUT2D eigenvalue weighted by Crippen LogP contribution is -1.99. The highest BCUT2D eigenvalue weighted by Gasteiger charge is 2.03. The van der Waals surface area contributed by atoms with Gasteiger partial charge in [-0.3, -0.25) is 0 Å². The Morgan fingerprint density at radius 3 is 2.67 bits per heavy atom.